The second kappa shape index (κ2) is 20.4. The molecular weight excluding hydrogens is 171 g/mol. The summed E-state index contributed by atoms with van der Waals surface area (Å²) in [5, 5.41) is 2.75. The fraction of sp³-hybridized carbons (Fsp3) is 1.00. The molecule has 1 radical (unpaired) electrons. The van der Waals surface area contributed by atoms with Gasteiger partial charge in [-0.05, 0) is 14.1 Å². The Hall–Kier alpha value is 0.933. The predicted molar refractivity (Wildman–Crippen MR) is 25.4 cm³/mol. The molecule has 0 aromatic carbocycles. The third kappa shape index (κ3) is 48.7. The summed E-state index contributed by atoms with van der Waals surface area (Å²) in [5.41, 5.74) is 0. The van der Waals surface area contributed by atoms with Crippen LogP contribution in [0.25, 0.3) is 0 Å². The summed E-state index contributed by atoms with van der Waals surface area (Å²) in [4.78, 5) is 0. The molecule has 1 N–H and O–H groups in total. The largest absolute Gasteiger partial charge is 3.00 e. The van der Waals surface area contributed by atoms with Crippen molar-refractivity contribution >= 4 is 13.5 Å². The summed E-state index contributed by atoms with van der Waals surface area (Å²) in [5.74, 6) is 0. The molecule has 0 saturated carbocycles. The number of nitrogens with one attached hydrogen (secondary N) is 1. The second-order valence-electron chi connectivity index (χ2n) is 0.500. The molecular formula is C2H9NRuS+3. The number of hydrogen-bond donors (Lipinski definition) is 1. The third-order valence-electron chi connectivity index (χ3n) is 0. The van der Waals surface area contributed by atoms with Gasteiger partial charge in [-0.1, -0.05) is 0 Å². The van der Waals surface area contributed by atoms with Gasteiger partial charge >= 0.3 is 19.5 Å². The molecule has 0 amide bonds. The van der Waals surface area contributed by atoms with E-state index in [1.165, 1.54) is 0 Å². The Balaban J connectivity index is -0.0000000200. The fourth-order valence-corrected chi connectivity index (χ4v) is 0. The number of hydrogen-bond acceptors (Lipinski definition) is 1. The van der Waals surface area contributed by atoms with Gasteiger partial charge in [-0.2, -0.15) is 13.5 Å². The predicted octanol–water partition coefficient (Wildman–Crippen LogP) is -0.0541. The van der Waals surface area contributed by atoms with Gasteiger partial charge in [0.25, 0.3) is 0 Å². The van der Waals surface area contributed by atoms with Crippen LogP contribution in [0.1, 0.15) is 0 Å². The van der Waals surface area contributed by atoms with Gasteiger partial charge in [-0.15, -0.1) is 0 Å². The molecule has 3 heteroatoms. The molecule has 0 spiro atoms. The first kappa shape index (κ1) is 16.8. The van der Waals surface area contributed by atoms with Gasteiger partial charge in [0, 0.05) is 0 Å². The van der Waals surface area contributed by atoms with Crippen LogP contribution in [0.5, 0.6) is 0 Å². The molecule has 5 heavy (non-hydrogen) atoms. The van der Waals surface area contributed by atoms with Gasteiger partial charge in [-0.3, -0.25) is 0 Å². The maximum atomic E-state index is 2.75. The molecule has 0 atom stereocenters. The molecule has 0 aromatic rings. The Morgan fingerprint density at radius 1 is 1.20 bits per heavy atom. The second-order valence-corrected chi connectivity index (χ2v) is 0.500. The summed E-state index contributed by atoms with van der Waals surface area (Å²) in [6.07, 6.45) is 0. The van der Waals surface area contributed by atoms with Crippen molar-refractivity contribution < 1.29 is 19.5 Å². The smallest absolute Gasteiger partial charge is 0.323 e. The van der Waals surface area contributed by atoms with E-state index in [1.54, 1.807) is 0 Å². The summed E-state index contributed by atoms with van der Waals surface area (Å²) in [7, 11) is 3.75. The van der Waals surface area contributed by atoms with Crippen LogP contribution in [0.2, 0.25) is 0 Å². The Labute approximate surface area is 52.7 Å². The Kier molecular flexibility index (Phi) is 68.5. The molecule has 0 unspecified atom stereocenters. The summed E-state index contributed by atoms with van der Waals surface area (Å²) in [6, 6.07) is 0. The van der Waals surface area contributed by atoms with Crippen molar-refractivity contribution in [3.8, 4) is 0 Å². The van der Waals surface area contributed by atoms with Crippen LogP contribution >= 0.6 is 13.5 Å². The Morgan fingerprint density at radius 3 is 1.20 bits per heavy atom. The SMILES string of the molecule is CNC.S.[Ru+3]. The van der Waals surface area contributed by atoms with E-state index in [2.05, 4.69) is 5.32 Å². The minimum Gasteiger partial charge on any atom is -0.323 e. The van der Waals surface area contributed by atoms with E-state index in [1.807, 2.05) is 14.1 Å². The molecule has 0 fully saturated rings. The summed E-state index contributed by atoms with van der Waals surface area (Å²) >= 11 is 0. The summed E-state index contributed by atoms with van der Waals surface area (Å²) in [6.45, 7) is 0. The minimum absolute atomic E-state index is 0. The normalized spacial score (nSPS) is 3.60. The van der Waals surface area contributed by atoms with Crippen molar-refractivity contribution in [1.82, 2.24) is 5.32 Å². The van der Waals surface area contributed by atoms with Gasteiger partial charge in [-0.25, -0.2) is 0 Å². The van der Waals surface area contributed by atoms with E-state index >= 15 is 0 Å². The van der Waals surface area contributed by atoms with Crippen molar-refractivity contribution in [3.63, 3.8) is 0 Å². The van der Waals surface area contributed by atoms with E-state index in [0.29, 0.717) is 0 Å². The van der Waals surface area contributed by atoms with E-state index < -0.39 is 0 Å². The molecule has 0 rings (SSSR count). The quantitative estimate of drug-likeness (QED) is 0.515. The van der Waals surface area contributed by atoms with Gasteiger partial charge in [0.05, 0.1) is 0 Å². The molecule has 33 valence electrons. The first-order chi connectivity index (χ1) is 1.41. The topological polar surface area (TPSA) is 12.0 Å². The zero-order chi connectivity index (χ0) is 2.71. The van der Waals surface area contributed by atoms with Gasteiger partial charge in [0.1, 0.15) is 0 Å². The van der Waals surface area contributed by atoms with Gasteiger partial charge in [0.15, 0.2) is 0 Å². The van der Waals surface area contributed by atoms with Crippen LogP contribution in [0.15, 0.2) is 0 Å². The molecule has 0 aliphatic rings. The van der Waals surface area contributed by atoms with Crippen LogP contribution in [0, 0.1) is 0 Å². The van der Waals surface area contributed by atoms with Crippen LogP contribution < -0.4 is 5.32 Å². The van der Waals surface area contributed by atoms with Crippen LogP contribution in [-0.2, 0) is 19.5 Å². The maximum Gasteiger partial charge on any atom is 3.00 e. The van der Waals surface area contributed by atoms with E-state index in [4.69, 9.17) is 0 Å². The van der Waals surface area contributed by atoms with Crippen LogP contribution in [0.4, 0.5) is 0 Å². The third-order valence-corrected chi connectivity index (χ3v) is 0. The molecule has 0 aliphatic carbocycles. The van der Waals surface area contributed by atoms with E-state index in [0.717, 1.165) is 0 Å². The fourth-order valence-electron chi connectivity index (χ4n) is 0. The van der Waals surface area contributed by atoms with Crippen molar-refractivity contribution in [3.05, 3.63) is 0 Å². The average molecular weight is 180 g/mol. The van der Waals surface area contributed by atoms with Gasteiger partial charge < -0.3 is 5.32 Å². The number of rotatable bonds is 0. The molecule has 0 aliphatic heterocycles. The van der Waals surface area contributed by atoms with Crippen LogP contribution in [0.3, 0.4) is 0 Å². The molecule has 0 saturated heterocycles. The maximum absolute atomic E-state index is 2.75. The van der Waals surface area contributed by atoms with Crippen LogP contribution in [-0.4, -0.2) is 14.1 Å². The van der Waals surface area contributed by atoms with Crippen molar-refractivity contribution in [2.24, 2.45) is 0 Å². The Morgan fingerprint density at radius 2 is 1.20 bits per heavy atom. The average Bonchev–Trinajstić information content (AvgIpc) is 0.918. The molecule has 0 heterocycles. The zero-order valence-corrected chi connectivity index (χ0v) is 6.09. The molecule has 1 nitrogen and oxygen atoms in total. The van der Waals surface area contributed by atoms with Crippen molar-refractivity contribution in [2.75, 3.05) is 14.1 Å². The first-order valence-corrected chi connectivity index (χ1v) is 1.00. The minimum atomic E-state index is 0. The summed E-state index contributed by atoms with van der Waals surface area (Å²) < 4.78 is 0. The zero-order valence-electron chi connectivity index (χ0n) is 3.35. The first-order valence-electron chi connectivity index (χ1n) is 1.00. The standard InChI is InChI=1S/C2H7N.Ru.H2S/c1-3-2;;/h3H,1-2H3;;1H2/q;+3;. The van der Waals surface area contributed by atoms with Crippen molar-refractivity contribution in [1.29, 1.82) is 0 Å². The Bertz CT molecular complexity index is 9.61. The van der Waals surface area contributed by atoms with Gasteiger partial charge in [0.2, 0.25) is 0 Å². The van der Waals surface area contributed by atoms with E-state index in [9.17, 15) is 0 Å². The van der Waals surface area contributed by atoms with E-state index in [-0.39, 0.29) is 33.0 Å². The monoisotopic (exact) mass is 181 g/mol. The van der Waals surface area contributed by atoms with Crippen molar-refractivity contribution in [2.45, 2.75) is 0 Å². The molecule has 0 bridgehead atoms. The molecule has 0 aromatic heterocycles.